The third kappa shape index (κ3) is 10.6. The molecule has 0 bridgehead atoms. The highest BCUT2D eigenvalue weighted by Crippen LogP contribution is 2.37. The van der Waals surface area contributed by atoms with Crippen molar-refractivity contribution >= 4 is 23.3 Å². The van der Waals surface area contributed by atoms with Gasteiger partial charge in [-0.3, -0.25) is 9.88 Å². The van der Waals surface area contributed by atoms with Gasteiger partial charge in [-0.1, -0.05) is 0 Å². The van der Waals surface area contributed by atoms with Gasteiger partial charge in [-0.05, 0) is 46.5 Å². The number of carboxylic acids is 2. The van der Waals surface area contributed by atoms with Crippen molar-refractivity contribution in [3.8, 4) is 0 Å². The average Bonchev–Trinajstić information content (AvgIpc) is 3.56. The molecule has 0 aliphatic carbocycles. The van der Waals surface area contributed by atoms with E-state index in [1.54, 1.807) is 11.3 Å². The highest BCUT2D eigenvalue weighted by Gasteiger charge is 2.45. The fourth-order valence-electron chi connectivity index (χ4n) is 3.59. The Bertz CT molecular complexity index is 966. The van der Waals surface area contributed by atoms with Crippen LogP contribution >= 0.6 is 11.3 Å². The largest absolute Gasteiger partial charge is 0.490 e. The molecule has 37 heavy (non-hydrogen) atoms. The Morgan fingerprint density at radius 3 is 2.19 bits per heavy atom. The van der Waals surface area contributed by atoms with Gasteiger partial charge in [0.1, 0.15) is 0 Å². The summed E-state index contributed by atoms with van der Waals surface area (Å²) in [5.74, 6) is -5.51. The van der Waals surface area contributed by atoms with E-state index in [0.29, 0.717) is 6.61 Å². The third-order valence-electron chi connectivity index (χ3n) is 5.28. The van der Waals surface area contributed by atoms with Gasteiger partial charge in [-0.15, -0.1) is 0 Å². The average molecular weight is 558 g/mol. The number of aliphatic carboxylic acids is 2. The molecule has 0 unspecified atom stereocenters. The summed E-state index contributed by atoms with van der Waals surface area (Å²) in [5.41, 5.74) is 2.60. The van der Waals surface area contributed by atoms with Crippen LogP contribution in [0.5, 0.6) is 0 Å². The summed E-state index contributed by atoms with van der Waals surface area (Å²) in [7, 11) is 0. The fraction of sp³-hybridized carbons (Fsp3) is 0.500. The molecule has 2 aliphatic rings. The van der Waals surface area contributed by atoms with Crippen molar-refractivity contribution < 1.29 is 55.6 Å². The van der Waals surface area contributed by atoms with Crippen LogP contribution in [0, 0.1) is 0 Å². The lowest BCUT2D eigenvalue weighted by Gasteiger charge is -2.23. The van der Waals surface area contributed by atoms with Crippen molar-refractivity contribution in [1.82, 2.24) is 9.88 Å². The number of pyridine rings is 1. The molecule has 1 spiro atoms. The lowest BCUT2D eigenvalue weighted by molar-refractivity contribution is -0.193. The Kier molecular flexibility index (Phi) is 10.8. The maximum atomic E-state index is 10.6. The van der Waals surface area contributed by atoms with Gasteiger partial charge in [0.25, 0.3) is 0 Å². The summed E-state index contributed by atoms with van der Waals surface area (Å²) in [6.07, 6.45) is -4.20. The summed E-state index contributed by atoms with van der Waals surface area (Å²) >= 11 is 1.77. The smallest absolute Gasteiger partial charge is 0.475 e. The molecule has 2 aromatic heterocycles. The molecule has 0 amide bonds. The maximum Gasteiger partial charge on any atom is 0.490 e. The molecule has 0 saturated carbocycles. The lowest BCUT2D eigenvalue weighted by atomic mass is 9.98. The van der Waals surface area contributed by atoms with Crippen LogP contribution in [0.15, 0.2) is 41.4 Å². The van der Waals surface area contributed by atoms with Gasteiger partial charge in [0, 0.05) is 38.4 Å². The Morgan fingerprint density at radius 1 is 1.08 bits per heavy atom. The normalized spacial score (nSPS) is 21.6. The van der Waals surface area contributed by atoms with Gasteiger partial charge in [-0.25, -0.2) is 9.59 Å². The summed E-state index contributed by atoms with van der Waals surface area (Å²) in [6, 6.07) is 6.22. The number of alkyl halides is 6. The zero-order chi connectivity index (χ0) is 27.7. The van der Waals surface area contributed by atoms with Crippen LogP contribution in [-0.2, 0) is 32.2 Å². The summed E-state index contributed by atoms with van der Waals surface area (Å²) < 4.78 is 75.7. The molecule has 2 fully saturated rings. The van der Waals surface area contributed by atoms with E-state index in [2.05, 4.69) is 26.7 Å². The van der Waals surface area contributed by atoms with Crippen molar-refractivity contribution in [2.24, 2.45) is 0 Å². The van der Waals surface area contributed by atoms with Gasteiger partial charge in [0.2, 0.25) is 0 Å². The van der Waals surface area contributed by atoms with E-state index in [0.717, 1.165) is 39.1 Å². The molecule has 4 rings (SSSR count). The molecule has 0 radical (unpaired) electrons. The topological polar surface area (TPSA) is 109 Å². The van der Waals surface area contributed by atoms with Crippen molar-refractivity contribution in [1.29, 1.82) is 0 Å². The predicted octanol–water partition coefficient (Wildman–Crippen LogP) is 4.36. The number of carboxylic acid groups (broad SMARTS) is 2. The predicted molar refractivity (Wildman–Crippen MR) is 118 cm³/mol. The van der Waals surface area contributed by atoms with Crippen LogP contribution in [0.25, 0.3) is 0 Å². The number of halogens is 6. The van der Waals surface area contributed by atoms with E-state index < -0.39 is 24.3 Å². The SMILES string of the molecule is O=C(O)C(F)(F)F.O=C(O)C(F)(F)F.c1cc(CO[C@H]2CO[C@@]3(CCN(Cc4ccsc4)C3)C2)ccn1. The minimum atomic E-state index is -5.08. The van der Waals surface area contributed by atoms with E-state index in [4.69, 9.17) is 29.3 Å². The van der Waals surface area contributed by atoms with Crippen LogP contribution in [-0.4, -0.2) is 75.8 Å². The Labute approximate surface area is 211 Å². The summed E-state index contributed by atoms with van der Waals surface area (Å²) in [4.78, 5) is 24.3. The van der Waals surface area contributed by atoms with Crippen molar-refractivity contribution in [2.45, 2.75) is 50.1 Å². The molecule has 2 saturated heterocycles. The maximum absolute atomic E-state index is 10.6. The molecule has 0 aromatic carbocycles. The zero-order valence-corrected chi connectivity index (χ0v) is 20.0. The minimum absolute atomic E-state index is 0.0128. The third-order valence-corrected chi connectivity index (χ3v) is 6.01. The first kappa shape index (κ1) is 30.5. The molecule has 206 valence electrons. The number of carbonyl (C=O) groups is 2. The first-order chi connectivity index (χ1) is 17.2. The van der Waals surface area contributed by atoms with Crippen LogP contribution in [0.4, 0.5) is 26.3 Å². The van der Waals surface area contributed by atoms with Crippen LogP contribution in [0.3, 0.4) is 0 Å². The minimum Gasteiger partial charge on any atom is -0.475 e. The fourth-order valence-corrected chi connectivity index (χ4v) is 4.25. The first-order valence-electron chi connectivity index (χ1n) is 10.7. The van der Waals surface area contributed by atoms with Crippen molar-refractivity contribution in [3.63, 3.8) is 0 Å². The standard InChI is InChI=1S/C18H22N2O2S.2C2HF3O2/c1-5-19-6-2-15(1)11-21-17-9-18(22-12-17)4-7-20(14-18)10-16-3-8-23-13-16;2*3-2(4,5)1(6)7/h1-3,5-6,8,13,17H,4,7,9-12,14H2;2*(H,6,7)/t17-,18+;;/m1../s1. The second-order valence-corrected chi connectivity index (χ2v) is 8.96. The van der Waals surface area contributed by atoms with Crippen molar-refractivity contribution in [3.05, 3.63) is 52.5 Å². The highest BCUT2D eigenvalue weighted by molar-refractivity contribution is 7.07. The molecule has 4 heterocycles. The van der Waals surface area contributed by atoms with E-state index in [-0.39, 0.29) is 11.7 Å². The number of nitrogens with zero attached hydrogens (tertiary/aromatic N) is 2. The van der Waals surface area contributed by atoms with Gasteiger partial charge < -0.3 is 19.7 Å². The van der Waals surface area contributed by atoms with E-state index in [1.807, 2.05) is 24.5 Å². The number of hydrogen-bond acceptors (Lipinski definition) is 7. The number of hydrogen-bond donors (Lipinski definition) is 2. The van der Waals surface area contributed by atoms with Gasteiger partial charge in [-0.2, -0.15) is 37.7 Å². The van der Waals surface area contributed by atoms with Crippen LogP contribution < -0.4 is 0 Å². The molecule has 2 aromatic rings. The summed E-state index contributed by atoms with van der Waals surface area (Å²) in [5, 5.41) is 18.6. The molecule has 2 atom stereocenters. The number of ether oxygens (including phenoxy) is 2. The molecule has 15 heteroatoms. The Morgan fingerprint density at radius 2 is 1.68 bits per heavy atom. The van der Waals surface area contributed by atoms with Crippen molar-refractivity contribution in [2.75, 3.05) is 19.7 Å². The zero-order valence-electron chi connectivity index (χ0n) is 19.2. The number of rotatable bonds is 5. The first-order valence-corrected chi connectivity index (χ1v) is 11.6. The molecular formula is C22H24F6N2O6S. The van der Waals surface area contributed by atoms with Gasteiger partial charge in [0.15, 0.2) is 0 Å². The molecular weight excluding hydrogens is 534 g/mol. The van der Waals surface area contributed by atoms with E-state index >= 15 is 0 Å². The second kappa shape index (κ2) is 13.2. The number of aromatic nitrogens is 1. The Hall–Kier alpha value is -2.75. The quantitative estimate of drug-likeness (QED) is 0.522. The number of thiophene rings is 1. The highest BCUT2D eigenvalue weighted by atomic mass is 32.1. The van der Waals surface area contributed by atoms with E-state index in [1.165, 1.54) is 11.1 Å². The van der Waals surface area contributed by atoms with E-state index in [9.17, 15) is 26.3 Å². The van der Waals surface area contributed by atoms with Crippen LogP contribution in [0.1, 0.15) is 24.0 Å². The monoisotopic (exact) mass is 558 g/mol. The lowest BCUT2D eigenvalue weighted by Crippen LogP contribution is -2.32. The van der Waals surface area contributed by atoms with Gasteiger partial charge in [0.05, 0.1) is 24.9 Å². The molecule has 2 aliphatic heterocycles. The van der Waals surface area contributed by atoms with Gasteiger partial charge >= 0.3 is 24.3 Å². The van der Waals surface area contributed by atoms with Crippen LogP contribution in [0.2, 0.25) is 0 Å². The second-order valence-electron chi connectivity index (χ2n) is 8.18. The molecule has 8 nitrogen and oxygen atoms in total. The Balaban J connectivity index is 0.000000286. The number of likely N-dealkylation sites (tertiary alicyclic amines) is 1. The molecule has 2 N–H and O–H groups in total. The summed E-state index contributed by atoms with van der Waals surface area (Å²) in [6.45, 7) is 4.55.